The number of carbonyl (C=O) groups is 1. The predicted molar refractivity (Wildman–Crippen MR) is 94.8 cm³/mol. The fourth-order valence-electron chi connectivity index (χ4n) is 3.20. The molecule has 4 rings (SSSR count). The standard InChI is InChI=1S/C20H19N3O/c24-20(13-15-5-2-1-3-6-15)22-17-10-8-16(9-11-17)18-14-21-19-7-4-12-23(18)19/h1-3,5-6,8-11,14H,4,7,12-13H2,(H,22,24). The minimum atomic E-state index is -0.000746. The molecule has 4 heteroatoms. The van der Waals surface area contributed by atoms with Crippen molar-refractivity contribution in [2.45, 2.75) is 25.8 Å². The summed E-state index contributed by atoms with van der Waals surface area (Å²) in [7, 11) is 0. The maximum atomic E-state index is 12.1. The average molecular weight is 317 g/mol. The first-order chi connectivity index (χ1) is 11.8. The van der Waals surface area contributed by atoms with Crippen molar-refractivity contribution in [2.75, 3.05) is 5.32 Å². The largest absolute Gasteiger partial charge is 0.328 e. The molecule has 1 aromatic heterocycles. The molecule has 0 fully saturated rings. The maximum Gasteiger partial charge on any atom is 0.228 e. The first-order valence-electron chi connectivity index (χ1n) is 8.28. The molecule has 0 saturated heterocycles. The van der Waals surface area contributed by atoms with Gasteiger partial charge < -0.3 is 9.88 Å². The summed E-state index contributed by atoms with van der Waals surface area (Å²) in [5.74, 6) is 1.17. The van der Waals surface area contributed by atoms with Gasteiger partial charge in [0, 0.05) is 18.7 Å². The molecule has 1 amide bonds. The van der Waals surface area contributed by atoms with Gasteiger partial charge in [-0.1, -0.05) is 42.5 Å². The Labute approximate surface area is 141 Å². The summed E-state index contributed by atoms with van der Waals surface area (Å²) < 4.78 is 2.28. The van der Waals surface area contributed by atoms with Gasteiger partial charge in [0.15, 0.2) is 0 Å². The molecule has 1 N–H and O–H groups in total. The van der Waals surface area contributed by atoms with Crippen LogP contribution in [-0.2, 0) is 24.2 Å². The smallest absolute Gasteiger partial charge is 0.228 e. The molecule has 4 nitrogen and oxygen atoms in total. The van der Waals surface area contributed by atoms with Gasteiger partial charge >= 0.3 is 0 Å². The van der Waals surface area contributed by atoms with Crippen LogP contribution < -0.4 is 5.32 Å². The van der Waals surface area contributed by atoms with Crippen molar-refractivity contribution in [1.82, 2.24) is 9.55 Å². The number of hydrogen-bond acceptors (Lipinski definition) is 2. The lowest BCUT2D eigenvalue weighted by Gasteiger charge is -2.08. The van der Waals surface area contributed by atoms with E-state index in [9.17, 15) is 4.79 Å². The summed E-state index contributed by atoms with van der Waals surface area (Å²) in [5, 5.41) is 2.95. The molecule has 2 aromatic carbocycles. The van der Waals surface area contributed by atoms with Gasteiger partial charge in [-0.05, 0) is 29.7 Å². The number of aryl methyl sites for hydroxylation is 1. The molecule has 0 aliphatic carbocycles. The molecule has 1 aliphatic heterocycles. The van der Waals surface area contributed by atoms with Crippen LogP contribution in [0.25, 0.3) is 11.3 Å². The monoisotopic (exact) mass is 317 g/mol. The Bertz CT molecular complexity index is 850. The van der Waals surface area contributed by atoms with E-state index in [0.29, 0.717) is 6.42 Å². The highest BCUT2D eigenvalue weighted by atomic mass is 16.1. The van der Waals surface area contributed by atoms with Crippen molar-refractivity contribution in [3.63, 3.8) is 0 Å². The first kappa shape index (κ1) is 14.7. The SMILES string of the molecule is O=C(Cc1ccccc1)Nc1ccc(-c2cnc3n2CCC3)cc1. The minimum Gasteiger partial charge on any atom is -0.328 e. The number of benzene rings is 2. The van der Waals surface area contributed by atoms with Gasteiger partial charge in [0.2, 0.25) is 5.91 Å². The molecule has 3 aromatic rings. The first-order valence-corrected chi connectivity index (χ1v) is 8.28. The summed E-state index contributed by atoms with van der Waals surface area (Å²) >= 11 is 0. The van der Waals surface area contributed by atoms with Crippen molar-refractivity contribution in [1.29, 1.82) is 0 Å². The number of amides is 1. The molecular weight excluding hydrogens is 298 g/mol. The van der Waals surface area contributed by atoms with Crippen LogP contribution in [0.3, 0.4) is 0 Å². The number of hydrogen-bond donors (Lipinski definition) is 1. The van der Waals surface area contributed by atoms with E-state index >= 15 is 0 Å². The van der Waals surface area contributed by atoms with E-state index in [0.717, 1.165) is 35.5 Å². The van der Waals surface area contributed by atoms with Crippen LogP contribution in [0.1, 0.15) is 17.8 Å². The summed E-state index contributed by atoms with van der Waals surface area (Å²) in [6.07, 6.45) is 4.56. The third-order valence-electron chi connectivity index (χ3n) is 4.39. The van der Waals surface area contributed by atoms with Gasteiger partial charge in [-0.15, -0.1) is 0 Å². The molecule has 0 spiro atoms. The van der Waals surface area contributed by atoms with Crippen LogP contribution in [0.4, 0.5) is 5.69 Å². The zero-order valence-electron chi connectivity index (χ0n) is 13.4. The van der Waals surface area contributed by atoms with Crippen LogP contribution >= 0.6 is 0 Å². The second-order valence-corrected chi connectivity index (χ2v) is 6.10. The quantitative estimate of drug-likeness (QED) is 0.798. The van der Waals surface area contributed by atoms with Gasteiger partial charge in [-0.3, -0.25) is 4.79 Å². The van der Waals surface area contributed by atoms with E-state index in [1.165, 1.54) is 12.2 Å². The molecule has 0 radical (unpaired) electrons. The molecule has 2 heterocycles. The third-order valence-corrected chi connectivity index (χ3v) is 4.39. The van der Waals surface area contributed by atoms with Crippen LogP contribution in [0.2, 0.25) is 0 Å². The molecular formula is C20H19N3O. The maximum absolute atomic E-state index is 12.1. The number of imidazole rings is 1. The number of fused-ring (bicyclic) bond motifs is 1. The van der Waals surface area contributed by atoms with Gasteiger partial charge in [-0.2, -0.15) is 0 Å². The van der Waals surface area contributed by atoms with E-state index in [1.807, 2.05) is 60.8 Å². The molecule has 24 heavy (non-hydrogen) atoms. The Hall–Kier alpha value is -2.88. The van der Waals surface area contributed by atoms with Crippen molar-refractivity contribution in [2.24, 2.45) is 0 Å². The zero-order valence-corrected chi connectivity index (χ0v) is 13.4. The van der Waals surface area contributed by atoms with Crippen molar-refractivity contribution in [3.8, 4) is 11.3 Å². The average Bonchev–Trinajstić information content (AvgIpc) is 3.20. The molecule has 0 saturated carbocycles. The molecule has 0 atom stereocenters. The Kier molecular flexibility index (Phi) is 3.87. The van der Waals surface area contributed by atoms with Crippen LogP contribution in [0, 0.1) is 0 Å². The lowest BCUT2D eigenvalue weighted by molar-refractivity contribution is -0.115. The zero-order chi connectivity index (χ0) is 16.4. The lowest BCUT2D eigenvalue weighted by Crippen LogP contribution is -2.14. The summed E-state index contributed by atoms with van der Waals surface area (Å²) in [4.78, 5) is 16.6. The topological polar surface area (TPSA) is 46.9 Å². The van der Waals surface area contributed by atoms with Gasteiger partial charge in [0.05, 0.1) is 18.3 Å². The third kappa shape index (κ3) is 2.95. The van der Waals surface area contributed by atoms with Crippen molar-refractivity contribution < 1.29 is 4.79 Å². The predicted octanol–water partition coefficient (Wildman–Crippen LogP) is 3.68. The van der Waals surface area contributed by atoms with Gasteiger partial charge in [-0.25, -0.2) is 4.98 Å². The van der Waals surface area contributed by atoms with E-state index < -0.39 is 0 Å². The van der Waals surface area contributed by atoms with Gasteiger partial charge in [0.25, 0.3) is 0 Å². The fraction of sp³-hybridized carbons (Fsp3) is 0.200. The number of anilines is 1. The second-order valence-electron chi connectivity index (χ2n) is 6.10. The van der Waals surface area contributed by atoms with Crippen molar-refractivity contribution >= 4 is 11.6 Å². The molecule has 0 bridgehead atoms. The molecule has 1 aliphatic rings. The lowest BCUT2D eigenvalue weighted by atomic mass is 10.1. The number of nitrogens with zero attached hydrogens (tertiary/aromatic N) is 2. The van der Waals surface area contributed by atoms with Crippen LogP contribution in [0.5, 0.6) is 0 Å². The summed E-state index contributed by atoms with van der Waals surface area (Å²) in [6, 6.07) is 17.8. The Morgan fingerprint density at radius 3 is 2.67 bits per heavy atom. The number of aromatic nitrogens is 2. The normalized spacial score (nSPS) is 12.8. The molecule has 120 valence electrons. The minimum absolute atomic E-state index is 0.000746. The summed E-state index contributed by atoms with van der Waals surface area (Å²) in [6.45, 7) is 1.04. The second kappa shape index (κ2) is 6.32. The Morgan fingerprint density at radius 1 is 1.08 bits per heavy atom. The molecule has 0 unspecified atom stereocenters. The number of rotatable bonds is 4. The Morgan fingerprint density at radius 2 is 1.88 bits per heavy atom. The van der Waals surface area contributed by atoms with E-state index in [2.05, 4.69) is 14.9 Å². The number of carbonyl (C=O) groups excluding carboxylic acids is 1. The van der Waals surface area contributed by atoms with E-state index in [-0.39, 0.29) is 5.91 Å². The summed E-state index contributed by atoms with van der Waals surface area (Å²) in [5.41, 5.74) is 4.13. The fourth-order valence-corrected chi connectivity index (χ4v) is 3.20. The highest BCUT2D eigenvalue weighted by Crippen LogP contribution is 2.26. The van der Waals surface area contributed by atoms with Crippen LogP contribution in [0.15, 0.2) is 60.8 Å². The van der Waals surface area contributed by atoms with E-state index in [1.54, 1.807) is 0 Å². The number of nitrogens with one attached hydrogen (secondary N) is 1. The highest BCUT2D eigenvalue weighted by Gasteiger charge is 2.16. The van der Waals surface area contributed by atoms with Gasteiger partial charge in [0.1, 0.15) is 5.82 Å². The van der Waals surface area contributed by atoms with Crippen molar-refractivity contribution in [3.05, 3.63) is 72.2 Å². The van der Waals surface area contributed by atoms with Crippen LogP contribution in [-0.4, -0.2) is 15.5 Å². The van der Waals surface area contributed by atoms with E-state index in [4.69, 9.17) is 0 Å². The Balaban J connectivity index is 1.45. The highest BCUT2D eigenvalue weighted by molar-refractivity contribution is 5.92.